The summed E-state index contributed by atoms with van der Waals surface area (Å²) in [5.74, 6) is 0.228. The Balaban J connectivity index is 0.00000200. The fourth-order valence-electron chi connectivity index (χ4n) is 2.39. The molecule has 5 heteroatoms. The predicted octanol–water partition coefficient (Wildman–Crippen LogP) is 2.79. The number of rotatable bonds is 4. The lowest BCUT2D eigenvalue weighted by Crippen LogP contribution is -2.38. The van der Waals surface area contributed by atoms with Crippen LogP contribution in [0.2, 0.25) is 0 Å². The van der Waals surface area contributed by atoms with Crippen LogP contribution in [0.3, 0.4) is 0 Å². The number of nitrogens with zero attached hydrogens (tertiary/aromatic N) is 1. The van der Waals surface area contributed by atoms with Crippen LogP contribution in [0.25, 0.3) is 0 Å². The second kappa shape index (κ2) is 7.34. The van der Waals surface area contributed by atoms with Gasteiger partial charge in [0.2, 0.25) is 5.91 Å². The Kier molecular flexibility index (Phi) is 6.37. The molecule has 1 aromatic rings. The maximum atomic E-state index is 12.4. The summed E-state index contributed by atoms with van der Waals surface area (Å²) in [6.45, 7) is 6.43. The van der Waals surface area contributed by atoms with E-state index in [0.29, 0.717) is 6.54 Å². The van der Waals surface area contributed by atoms with E-state index < -0.39 is 0 Å². The maximum Gasteiger partial charge on any atom is 0.235 e. The molecule has 0 aromatic heterocycles. The van der Waals surface area contributed by atoms with E-state index in [1.54, 1.807) is 11.8 Å². The molecule has 1 aromatic carbocycles. The van der Waals surface area contributed by atoms with Crippen molar-refractivity contribution in [2.75, 3.05) is 19.6 Å². The molecule has 2 unspecified atom stereocenters. The van der Waals surface area contributed by atoms with Gasteiger partial charge in [-0.2, -0.15) is 0 Å². The summed E-state index contributed by atoms with van der Waals surface area (Å²) in [6, 6.07) is 10.1. The molecule has 3 nitrogen and oxygen atoms in total. The van der Waals surface area contributed by atoms with Crippen molar-refractivity contribution in [1.82, 2.24) is 4.90 Å². The molecule has 1 aliphatic rings. The first-order valence-electron chi connectivity index (χ1n) is 6.75. The zero-order chi connectivity index (χ0) is 13.9. The number of hydrogen-bond acceptors (Lipinski definition) is 3. The molecule has 0 saturated carbocycles. The van der Waals surface area contributed by atoms with Crippen LogP contribution < -0.4 is 5.73 Å². The number of hydrogen-bond donors (Lipinski definition) is 1. The second-order valence-electron chi connectivity index (χ2n) is 5.60. The fraction of sp³-hybridized carbons (Fsp3) is 0.533. The molecule has 20 heavy (non-hydrogen) atoms. The lowest BCUT2D eigenvalue weighted by molar-refractivity contribution is -0.129. The summed E-state index contributed by atoms with van der Waals surface area (Å²) in [5, 5.41) is -0.0393. The van der Waals surface area contributed by atoms with Crippen molar-refractivity contribution >= 4 is 30.1 Å². The first-order valence-corrected chi connectivity index (χ1v) is 7.63. The molecule has 0 aliphatic carbocycles. The SMILES string of the molecule is CC(Sc1ccccc1)C(=O)N1CCC(C)(CN)C1.Cl. The highest BCUT2D eigenvalue weighted by atomic mass is 35.5. The van der Waals surface area contributed by atoms with Crippen molar-refractivity contribution in [3.8, 4) is 0 Å². The van der Waals surface area contributed by atoms with E-state index in [1.807, 2.05) is 42.2 Å². The standard InChI is InChI=1S/C15H22N2OS.ClH/c1-12(19-13-6-4-3-5-7-13)14(18)17-9-8-15(2,10-16)11-17;/h3-7,12H,8-11,16H2,1-2H3;1H. The Labute approximate surface area is 131 Å². The number of benzene rings is 1. The average molecular weight is 315 g/mol. The van der Waals surface area contributed by atoms with Crippen LogP contribution in [0.15, 0.2) is 35.2 Å². The van der Waals surface area contributed by atoms with E-state index in [4.69, 9.17) is 5.73 Å². The lowest BCUT2D eigenvalue weighted by atomic mass is 9.90. The molecule has 1 amide bonds. The molecule has 2 atom stereocenters. The molecule has 2 N–H and O–H groups in total. The van der Waals surface area contributed by atoms with Crippen LogP contribution >= 0.6 is 24.2 Å². The Morgan fingerprint density at radius 2 is 2.10 bits per heavy atom. The third kappa shape index (κ3) is 4.14. The molecule has 1 heterocycles. The molecular formula is C15H23ClN2OS. The Morgan fingerprint density at radius 1 is 1.45 bits per heavy atom. The predicted molar refractivity (Wildman–Crippen MR) is 87.4 cm³/mol. The fourth-order valence-corrected chi connectivity index (χ4v) is 3.36. The molecule has 0 bridgehead atoms. The maximum absolute atomic E-state index is 12.4. The van der Waals surface area contributed by atoms with Gasteiger partial charge in [0.05, 0.1) is 5.25 Å². The highest BCUT2D eigenvalue weighted by Gasteiger charge is 2.36. The highest BCUT2D eigenvalue weighted by molar-refractivity contribution is 8.00. The minimum absolute atomic E-state index is 0. The Hall–Kier alpha value is -0.710. The number of carbonyl (C=O) groups is 1. The number of likely N-dealkylation sites (tertiary alicyclic amines) is 1. The zero-order valence-corrected chi connectivity index (χ0v) is 13.7. The van der Waals surface area contributed by atoms with Crippen molar-refractivity contribution in [2.24, 2.45) is 11.1 Å². The van der Waals surface area contributed by atoms with Gasteiger partial charge >= 0.3 is 0 Å². The Morgan fingerprint density at radius 3 is 2.65 bits per heavy atom. The van der Waals surface area contributed by atoms with E-state index in [-0.39, 0.29) is 29.0 Å². The number of nitrogens with two attached hydrogens (primary N) is 1. The minimum Gasteiger partial charge on any atom is -0.341 e. The first-order chi connectivity index (χ1) is 9.04. The molecule has 2 rings (SSSR count). The summed E-state index contributed by atoms with van der Waals surface area (Å²) >= 11 is 1.62. The van der Waals surface area contributed by atoms with E-state index in [9.17, 15) is 4.79 Å². The highest BCUT2D eigenvalue weighted by Crippen LogP contribution is 2.31. The van der Waals surface area contributed by atoms with Gasteiger partial charge in [-0.05, 0) is 37.4 Å². The van der Waals surface area contributed by atoms with Gasteiger partial charge in [0.1, 0.15) is 0 Å². The smallest absolute Gasteiger partial charge is 0.235 e. The molecule has 0 spiro atoms. The van der Waals surface area contributed by atoms with E-state index in [0.717, 1.165) is 24.4 Å². The van der Waals surface area contributed by atoms with Gasteiger partial charge in [-0.1, -0.05) is 25.1 Å². The van der Waals surface area contributed by atoms with Gasteiger partial charge in [-0.3, -0.25) is 4.79 Å². The molecule has 1 saturated heterocycles. The van der Waals surface area contributed by atoms with Crippen LogP contribution in [0.4, 0.5) is 0 Å². The molecule has 0 radical (unpaired) electrons. The summed E-state index contributed by atoms with van der Waals surface area (Å²) in [7, 11) is 0. The average Bonchev–Trinajstić information content (AvgIpc) is 2.82. The van der Waals surface area contributed by atoms with Gasteiger partial charge in [0, 0.05) is 18.0 Å². The van der Waals surface area contributed by atoms with Crippen LogP contribution in [0.5, 0.6) is 0 Å². The van der Waals surface area contributed by atoms with Gasteiger partial charge in [0.15, 0.2) is 0 Å². The van der Waals surface area contributed by atoms with E-state index in [2.05, 4.69) is 6.92 Å². The van der Waals surface area contributed by atoms with Gasteiger partial charge in [-0.15, -0.1) is 24.2 Å². The van der Waals surface area contributed by atoms with Crippen LogP contribution in [0.1, 0.15) is 20.3 Å². The number of thioether (sulfide) groups is 1. The van der Waals surface area contributed by atoms with Crippen LogP contribution in [0, 0.1) is 5.41 Å². The Bertz CT molecular complexity index is 443. The number of carbonyl (C=O) groups excluding carboxylic acids is 1. The summed E-state index contributed by atoms with van der Waals surface area (Å²) in [5.41, 5.74) is 5.89. The summed E-state index contributed by atoms with van der Waals surface area (Å²) in [4.78, 5) is 15.5. The molecule has 1 aliphatic heterocycles. The van der Waals surface area contributed by atoms with Crippen molar-refractivity contribution < 1.29 is 4.79 Å². The van der Waals surface area contributed by atoms with Crippen molar-refractivity contribution in [3.63, 3.8) is 0 Å². The largest absolute Gasteiger partial charge is 0.341 e. The van der Waals surface area contributed by atoms with Crippen LogP contribution in [-0.2, 0) is 4.79 Å². The minimum atomic E-state index is -0.0393. The van der Waals surface area contributed by atoms with E-state index >= 15 is 0 Å². The first kappa shape index (κ1) is 17.3. The number of halogens is 1. The van der Waals surface area contributed by atoms with E-state index in [1.165, 1.54) is 0 Å². The quantitative estimate of drug-likeness (QED) is 0.869. The van der Waals surface area contributed by atoms with Gasteiger partial charge in [-0.25, -0.2) is 0 Å². The topological polar surface area (TPSA) is 46.3 Å². The normalized spacial score (nSPS) is 23.2. The van der Waals surface area contributed by atoms with Crippen molar-refractivity contribution in [1.29, 1.82) is 0 Å². The second-order valence-corrected chi connectivity index (χ2v) is 7.01. The lowest BCUT2D eigenvalue weighted by Gasteiger charge is -2.24. The monoisotopic (exact) mass is 314 g/mol. The van der Waals surface area contributed by atoms with Crippen molar-refractivity contribution in [2.45, 2.75) is 30.4 Å². The van der Waals surface area contributed by atoms with Crippen LogP contribution in [-0.4, -0.2) is 35.7 Å². The third-order valence-corrected chi connectivity index (χ3v) is 4.87. The van der Waals surface area contributed by atoms with Gasteiger partial charge < -0.3 is 10.6 Å². The number of amides is 1. The molecule has 112 valence electrons. The summed E-state index contributed by atoms with van der Waals surface area (Å²) in [6.07, 6.45) is 1.01. The molecular weight excluding hydrogens is 292 g/mol. The van der Waals surface area contributed by atoms with Crippen molar-refractivity contribution in [3.05, 3.63) is 30.3 Å². The third-order valence-electron chi connectivity index (χ3n) is 3.77. The van der Waals surface area contributed by atoms with Gasteiger partial charge in [0.25, 0.3) is 0 Å². The zero-order valence-electron chi connectivity index (χ0n) is 12.0. The summed E-state index contributed by atoms with van der Waals surface area (Å²) < 4.78 is 0. The molecule has 1 fully saturated rings.